The molecule has 1 aliphatic rings. The average Bonchev–Trinajstić information content (AvgIpc) is 3.04. The van der Waals surface area contributed by atoms with E-state index < -0.39 is 18.1 Å². The molecule has 2 atom stereocenters. The highest BCUT2D eigenvalue weighted by molar-refractivity contribution is 7.99. The lowest BCUT2D eigenvalue weighted by molar-refractivity contribution is -0.144. The Hall–Kier alpha value is -1.69. The largest absolute Gasteiger partial charge is 0.480 e. The van der Waals surface area contributed by atoms with Crippen molar-refractivity contribution in [3.63, 3.8) is 0 Å². The predicted molar refractivity (Wildman–Crippen MR) is 85.9 cm³/mol. The zero-order valence-corrected chi connectivity index (χ0v) is 13.4. The second kappa shape index (κ2) is 8.08. The smallest absolute Gasteiger partial charge is 0.410 e. The number of aliphatic carboxylic acids is 1. The zero-order chi connectivity index (χ0) is 15.9. The van der Waals surface area contributed by atoms with Crippen LogP contribution in [0.3, 0.4) is 0 Å². The summed E-state index contributed by atoms with van der Waals surface area (Å²) in [6.45, 7) is 2.26. The maximum atomic E-state index is 12.3. The van der Waals surface area contributed by atoms with Crippen LogP contribution in [0.25, 0.3) is 0 Å². The fourth-order valence-corrected chi connectivity index (χ4v) is 3.92. The van der Waals surface area contributed by atoms with Gasteiger partial charge in [-0.25, -0.2) is 9.59 Å². The van der Waals surface area contributed by atoms with Gasteiger partial charge >= 0.3 is 12.1 Å². The van der Waals surface area contributed by atoms with Gasteiger partial charge in [-0.3, -0.25) is 4.90 Å². The van der Waals surface area contributed by atoms with Gasteiger partial charge in [0.05, 0.1) is 0 Å². The summed E-state index contributed by atoms with van der Waals surface area (Å²) in [6.07, 6.45) is 0.264. The summed E-state index contributed by atoms with van der Waals surface area (Å²) in [5, 5.41) is 9.51. The number of likely N-dealkylation sites (N-methyl/N-ethyl adjacent to an activating group) is 1. The lowest BCUT2D eigenvalue weighted by atomic mass is 9.98. The molecule has 1 aliphatic heterocycles. The van der Waals surface area contributed by atoms with Gasteiger partial charge in [0, 0.05) is 12.5 Å². The summed E-state index contributed by atoms with van der Waals surface area (Å²) >= 11 is 1.74. The summed E-state index contributed by atoms with van der Waals surface area (Å²) < 4.78 is 5.29. The highest BCUT2D eigenvalue weighted by Gasteiger charge is 2.38. The van der Waals surface area contributed by atoms with E-state index in [1.165, 1.54) is 4.90 Å². The molecule has 5 nitrogen and oxygen atoms in total. The molecule has 6 heteroatoms. The monoisotopic (exact) mass is 323 g/mol. The normalized spacial score (nSPS) is 18.7. The van der Waals surface area contributed by atoms with Crippen molar-refractivity contribution in [1.82, 2.24) is 4.90 Å². The summed E-state index contributed by atoms with van der Waals surface area (Å²) in [5.41, 5.74) is 0.884. The Morgan fingerprint density at radius 2 is 2.14 bits per heavy atom. The standard InChI is InChI=1S/C16H21NO4S/c1-2-17(14(15(18)19)13-8-9-22-11-13)16(20)21-10-12-6-4-3-5-7-12/h3-7,13-14H,2,8-11H2,1H3,(H,18,19). The van der Waals surface area contributed by atoms with E-state index in [0.717, 1.165) is 23.5 Å². The van der Waals surface area contributed by atoms with Crippen molar-refractivity contribution in [1.29, 1.82) is 0 Å². The molecule has 1 amide bonds. The maximum Gasteiger partial charge on any atom is 0.410 e. The summed E-state index contributed by atoms with van der Waals surface area (Å²) in [5.74, 6) is 0.766. The molecule has 22 heavy (non-hydrogen) atoms. The SMILES string of the molecule is CCN(C(=O)OCc1ccccc1)C(C(=O)O)C1CCSC1. The van der Waals surface area contributed by atoms with Crippen LogP contribution in [0.5, 0.6) is 0 Å². The van der Waals surface area contributed by atoms with E-state index in [1.807, 2.05) is 30.3 Å². The number of carbonyl (C=O) groups is 2. The lowest BCUT2D eigenvalue weighted by Crippen LogP contribution is -2.49. The molecule has 1 aromatic rings. The highest BCUT2D eigenvalue weighted by Crippen LogP contribution is 2.29. The first-order chi connectivity index (χ1) is 10.6. The number of benzene rings is 1. The molecule has 0 aliphatic carbocycles. The molecule has 0 radical (unpaired) electrons. The minimum atomic E-state index is -0.953. The van der Waals surface area contributed by atoms with Gasteiger partial charge in [-0.05, 0) is 30.4 Å². The molecule has 1 fully saturated rings. The molecule has 2 rings (SSSR count). The summed E-state index contributed by atoms with van der Waals surface area (Å²) in [7, 11) is 0. The zero-order valence-electron chi connectivity index (χ0n) is 12.6. The first-order valence-electron chi connectivity index (χ1n) is 7.41. The van der Waals surface area contributed by atoms with Crippen LogP contribution in [0.15, 0.2) is 30.3 Å². The quantitative estimate of drug-likeness (QED) is 0.872. The fourth-order valence-electron chi connectivity index (χ4n) is 2.63. The number of carboxylic acid groups (broad SMARTS) is 1. The van der Waals surface area contributed by atoms with Crippen molar-refractivity contribution in [3.8, 4) is 0 Å². The lowest BCUT2D eigenvalue weighted by Gasteiger charge is -2.30. The van der Waals surface area contributed by atoms with E-state index in [-0.39, 0.29) is 12.5 Å². The summed E-state index contributed by atoms with van der Waals surface area (Å²) in [4.78, 5) is 25.2. The number of hydrogen-bond donors (Lipinski definition) is 1. The molecule has 1 N–H and O–H groups in total. The molecule has 120 valence electrons. The van der Waals surface area contributed by atoms with E-state index in [0.29, 0.717) is 6.54 Å². The molecule has 0 aromatic heterocycles. The second-order valence-corrected chi connectivity index (χ2v) is 6.38. The Kier molecular flexibility index (Phi) is 6.12. The molecule has 1 aromatic carbocycles. The molecule has 0 saturated carbocycles. The minimum Gasteiger partial charge on any atom is -0.480 e. The Morgan fingerprint density at radius 1 is 1.41 bits per heavy atom. The Balaban J connectivity index is 2.01. The van der Waals surface area contributed by atoms with Crippen LogP contribution >= 0.6 is 11.8 Å². The van der Waals surface area contributed by atoms with Gasteiger partial charge < -0.3 is 9.84 Å². The molecule has 1 saturated heterocycles. The van der Waals surface area contributed by atoms with Gasteiger partial charge in [0.2, 0.25) is 0 Å². The number of rotatable bonds is 6. The molecule has 0 spiro atoms. The van der Waals surface area contributed by atoms with Crippen molar-refractivity contribution < 1.29 is 19.4 Å². The van der Waals surface area contributed by atoms with Gasteiger partial charge in [-0.2, -0.15) is 11.8 Å². The van der Waals surface area contributed by atoms with E-state index in [1.54, 1.807) is 18.7 Å². The minimum absolute atomic E-state index is 0.00766. The molecule has 0 bridgehead atoms. The first-order valence-corrected chi connectivity index (χ1v) is 8.56. The maximum absolute atomic E-state index is 12.3. The number of amides is 1. The van der Waals surface area contributed by atoms with Crippen LogP contribution in [-0.2, 0) is 16.1 Å². The van der Waals surface area contributed by atoms with Gasteiger partial charge in [0.25, 0.3) is 0 Å². The van der Waals surface area contributed by atoms with Crippen LogP contribution in [0.1, 0.15) is 18.9 Å². The van der Waals surface area contributed by atoms with Crippen molar-refractivity contribution in [2.75, 3.05) is 18.1 Å². The average molecular weight is 323 g/mol. The van der Waals surface area contributed by atoms with Gasteiger partial charge in [0.15, 0.2) is 0 Å². The Morgan fingerprint density at radius 3 is 2.68 bits per heavy atom. The van der Waals surface area contributed by atoms with E-state index in [4.69, 9.17) is 4.74 Å². The molecular weight excluding hydrogens is 302 g/mol. The first kappa shape index (κ1) is 16.7. The Labute approximate surface area is 134 Å². The second-order valence-electron chi connectivity index (χ2n) is 5.23. The van der Waals surface area contributed by atoms with Crippen molar-refractivity contribution in [2.24, 2.45) is 5.92 Å². The highest BCUT2D eigenvalue weighted by atomic mass is 32.2. The van der Waals surface area contributed by atoms with Gasteiger partial charge in [0.1, 0.15) is 12.6 Å². The third-order valence-corrected chi connectivity index (χ3v) is 4.97. The number of nitrogens with zero attached hydrogens (tertiary/aromatic N) is 1. The van der Waals surface area contributed by atoms with Gasteiger partial charge in [-0.15, -0.1) is 0 Å². The topological polar surface area (TPSA) is 66.8 Å². The number of carbonyl (C=O) groups excluding carboxylic acids is 1. The molecule has 2 unspecified atom stereocenters. The summed E-state index contributed by atoms with van der Waals surface area (Å²) in [6, 6.07) is 8.57. The van der Waals surface area contributed by atoms with Crippen molar-refractivity contribution in [3.05, 3.63) is 35.9 Å². The van der Waals surface area contributed by atoms with Crippen molar-refractivity contribution in [2.45, 2.75) is 26.0 Å². The van der Waals surface area contributed by atoms with Crippen LogP contribution in [-0.4, -0.2) is 46.2 Å². The van der Waals surface area contributed by atoms with E-state index >= 15 is 0 Å². The van der Waals surface area contributed by atoms with Crippen molar-refractivity contribution >= 4 is 23.8 Å². The molecule has 1 heterocycles. The third-order valence-electron chi connectivity index (χ3n) is 3.78. The predicted octanol–water partition coefficient (Wildman–Crippen LogP) is 2.85. The van der Waals surface area contributed by atoms with Crippen LogP contribution < -0.4 is 0 Å². The fraction of sp³-hybridized carbons (Fsp3) is 0.500. The van der Waals surface area contributed by atoms with E-state index in [2.05, 4.69) is 0 Å². The Bertz CT molecular complexity index is 502. The number of ether oxygens (including phenoxy) is 1. The number of thioether (sulfide) groups is 1. The molecular formula is C16H21NO4S. The van der Waals surface area contributed by atoms with E-state index in [9.17, 15) is 14.7 Å². The van der Waals surface area contributed by atoms with Crippen LogP contribution in [0.4, 0.5) is 4.79 Å². The van der Waals surface area contributed by atoms with Crippen LogP contribution in [0, 0.1) is 5.92 Å². The third kappa shape index (κ3) is 4.16. The number of hydrogen-bond acceptors (Lipinski definition) is 4. The van der Waals surface area contributed by atoms with Gasteiger partial charge in [-0.1, -0.05) is 30.3 Å². The van der Waals surface area contributed by atoms with Crippen LogP contribution in [0.2, 0.25) is 0 Å². The number of carboxylic acids is 1.